The highest BCUT2D eigenvalue weighted by atomic mass is 16.5. The largest absolute Gasteiger partial charge is 0.495 e. The molecule has 0 aliphatic heterocycles. The molecular formula is C28H33N5O6. The molecule has 0 aromatic carbocycles. The zero-order chi connectivity index (χ0) is 27.7. The van der Waals surface area contributed by atoms with Gasteiger partial charge in [-0.05, 0) is 45.7 Å². The van der Waals surface area contributed by atoms with Gasteiger partial charge >= 0.3 is 11.7 Å². The van der Waals surface area contributed by atoms with Crippen LogP contribution in [0.4, 0.5) is 0 Å². The number of rotatable bonds is 9. The average Bonchev–Trinajstić information content (AvgIpc) is 3.58. The van der Waals surface area contributed by atoms with E-state index in [-0.39, 0.29) is 18.4 Å². The van der Waals surface area contributed by atoms with E-state index in [0.717, 1.165) is 25.7 Å². The van der Waals surface area contributed by atoms with Gasteiger partial charge < -0.3 is 19.0 Å². The Balaban J connectivity index is 1.70. The fourth-order valence-electron chi connectivity index (χ4n) is 5.18. The smallest absolute Gasteiger partial charge is 0.335 e. The van der Waals surface area contributed by atoms with Gasteiger partial charge in [0.25, 0.3) is 0 Å². The van der Waals surface area contributed by atoms with Crippen LogP contribution in [-0.2, 0) is 21.5 Å². The Morgan fingerprint density at radius 1 is 1.23 bits per heavy atom. The summed E-state index contributed by atoms with van der Waals surface area (Å²) in [5.74, 6) is -0.275. The highest BCUT2D eigenvalue weighted by molar-refractivity contribution is 5.75. The van der Waals surface area contributed by atoms with Crippen LogP contribution in [0.5, 0.6) is 5.75 Å². The summed E-state index contributed by atoms with van der Waals surface area (Å²) >= 11 is 0. The summed E-state index contributed by atoms with van der Waals surface area (Å²) in [6, 6.07) is 3.64. The number of imidazole rings is 1. The van der Waals surface area contributed by atoms with Crippen molar-refractivity contribution in [2.45, 2.75) is 77.0 Å². The van der Waals surface area contributed by atoms with Gasteiger partial charge in [0.05, 0.1) is 25.1 Å². The molecule has 39 heavy (non-hydrogen) atoms. The summed E-state index contributed by atoms with van der Waals surface area (Å²) in [4.78, 5) is 39.5. The van der Waals surface area contributed by atoms with E-state index in [1.807, 2.05) is 6.07 Å². The van der Waals surface area contributed by atoms with Crippen molar-refractivity contribution in [2.24, 2.45) is 0 Å². The van der Waals surface area contributed by atoms with Crippen LogP contribution in [-0.4, -0.2) is 48.2 Å². The summed E-state index contributed by atoms with van der Waals surface area (Å²) in [6.07, 6.45) is 11.3. The summed E-state index contributed by atoms with van der Waals surface area (Å²) < 4.78 is 20.4. The summed E-state index contributed by atoms with van der Waals surface area (Å²) in [6.45, 7) is 4.72. The molecule has 4 aromatic heterocycles. The molecule has 0 unspecified atom stereocenters. The lowest BCUT2D eigenvalue weighted by molar-refractivity contribution is -0.145. The minimum absolute atomic E-state index is 0.0530. The normalized spacial score (nSPS) is 15.5. The number of aryl methyl sites for hydroxylation is 1. The Morgan fingerprint density at radius 3 is 2.67 bits per heavy atom. The zero-order valence-corrected chi connectivity index (χ0v) is 22.6. The third kappa shape index (κ3) is 4.94. The highest BCUT2D eigenvalue weighted by Gasteiger charge is 2.34. The van der Waals surface area contributed by atoms with Crippen LogP contribution in [0.1, 0.15) is 69.0 Å². The molecule has 1 aliphatic rings. The third-order valence-corrected chi connectivity index (χ3v) is 7.48. The van der Waals surface area contributed by atoms with Crippen molar-refractivity contribution in [3.63, 3.8) is 0 Å². The SMILES string of the molecule is COc1cccnc1[C@H](Cc1cn(C(C)(C)C(=O)O)c(=O)n2c(C)c(-c3ncco3)nc12)OC1CCCCC1. The van der Waals surface area contributed by atoms with Crippen molar-refractivity contribution in [3.05, 3.63) is 64.4 Å². The highest BCUT2D eigenvalue weighted by Crippen LogP contribution is 2.34. The molecule has 206 valence electrons. The van der Waals surface area contributed by atoms with E-state index in [4.69, 9.17) is 18.9 Å². The van der Waals surface area contributed by atoms with Crippen LogP contribution >= 0.6 is 0 Å². The molecule has 0 bridgehead atoms. The standard InChI is InChI=1S/C28H33N5O6/c1-17-22(25-30-13-14-38-25)31-24-18(16-32(27(36)33(17)24)28(2,3)26(34)35)15-21(39-19-9-6-5-7-10-19)23-20(37-4)11-8-12-29-23/h8,11-14,16,19,21H,5-7,9-10,15H2,1-4H3,(H,34,35)/t21-/m0/s1. The maximum Gasteiger partial charge on any atom is 0.335 e. The van der Waals surface area contributed by atoms with E-state index < -0.39 is 23.3 Å². The van der Waals surface area contributed by atoms with E-state index in [0.29, 0.717) is 34.0 Å². The second kappa shape index (κ2) is 10.6. The monoisotopic (exact) mass is 535 g/mol. The molecule has 4 heterocycles. The van der Waals surface area contributed by atoms with Crippen molar-refractivity contribution < 1.29 is 23.8 Å². The zero-order valence-electron chi connectivity index (χ0n) is 22.6. The number of carboxylic acid groups (broad SMARTS) is 1. The predicted octanol–water partition coefficient (Wildman–Crippen LogP) is 4.32. The van der Waals surface area contributed by atoms with Gasteiger partial charge in [-0.3, -0.25) is 9.55 Å². The van der Waals surface area contributed by atoms with Gasteiger partial charge in [0.2, 0.25) is 5.89 Å². The molecule has 0 saturated heterocycles. The van der Waals surface area contributed by atoms with Gasteiger partial charge in [-0.1, -0.05) is 19.3 Å². The van der Waals surface area contributed by atoms with Crippen molar-refractivity contribution in [1.29, 1.82) is 0 Å². The van der Waals surface area contributed by atoms with E-state index in [1.54, 1.807) is 32.5 Å². The number of aromatic nitrogens is 5. The lowest BCUT2D eigenvalue weighted by Crippen LogP contribution is -2.45. The van der Waals surface area contributed by atoms with Crippen LogP contribution in [0.15, 0.2) is 46.2 Å². The first-order chi connectivity index (χ1) is 18.7. The average molecular weight is 536 g/mol. The topological polar surface area (TPSA) is 134 Å². The molecule has 1 atom stereocenters. The molecule has 0 amide bonds. The number of pyridine rings is 1. The molecule has 1 aliphatic carbocycles. The molecule has 11 nitrogen and oxygen atoms in total. The Bertz CT molecular complexity index is 1530. The van der Waals surface area contributed by atoms with Gasteiger partial charge in [0, 0.05) is 24.4 Å². The molecular weight excluding hydrogens is 502 g/mol. The Morgan fingerprint density at radius 2 is 2.00 bits per heavy atom. The predicted molar refractivity (Wildman–Crippen MR) is 142 cm³/mol. The van der Waals surface area contributed by atoms with E-state index in [2.05, 4.69) is 9.97 Å². The fourth-order valence-corrected chi connectivity index (χ4v) is 5.18. The third-order valence-electron chi connectivity index (χ3n) is 7.48. The number of oxazole rings is 1. The van der Waals surface area contributed by atoms with E-state index >= 15 is 0 Å². The number of carbonyl (C=O) groups is 1. The lowest BCUT2D eigenvalue weighted by Gasteiger charge is -2.29. The summed E-state index contributed by atoms with van der Waals surface area (Å²) in [5, 5.41) is 9.99. The fraction of sp³-hybridized carbons (Fsp3) is 0.464. The lowest BCUT2D eigenvalue weighted by atomic mass is 9.97. The van der Waals surface area contributed by atoms with Crippen LogP contribution in [0.3, 0.4) is 0 Å². The number of carboxylic acids is 1. The van der Waals surface area contributed by atoms with E-state index in [9.17, 15) is 14.7 Å². The second-order valence-electron chi connectivity index (χ2n) is 10.4. The van der Waals surface area contributed by atoms with Crippen molar-refractivity contribution in [3.8, 4) is 17.3 Å². The minimum Gasteiger partial charge on any atom is -0.495 e. The second-order valence-corrected chi connectivity index (χ2v) is 10.4. The number of nitrogens with zero attached hydrogens (tertiary/aromatic N) is 5. The van der Waals surface area contributed by atoms with Gasteiger partial charge in [-0.2, -0.15) is 0 Å². The van der Waals surface area contributed by atoms with Crippen LogP contribution in [0, 0.1) is 6.92 Å². The molecule has 1 N–H and O–H groups in total. The maximum absolute atomic E-state index is 13.7. The molecule has 11 heteroatoms. The van der Waals surface area contributed by atoms with Gasteiger partial charge in [0.1, 0.15) is 40.7 Å². The summed E-state index contributed by atoms with van der Waals surface area (Å²) in [7, 11) is 1.59. The quantitative estimate of drug-likeness (QED) is 0.333. The van der Waals surface area contributed by atoms with Crippen molar-refractivity contribution in [1.82, 2.24) is 23.9 Å². The Labute approximate surface area is 225 Å². The van der Waals surface area contributed by atoms with E-state index in [1.165, 1.54) is 41.7 Å². The number of hydrogen-bond donors (Lipinski definition) is 1. The number of methoxy groups -OCH3 is 1. The Kier molecular flexibility index (Phi) is 7.26. The molecule has 0 spiro atoms. The van der Waals surface area contributed by atoms with Gasteiger partial charge in [-0.15, -0.1) is 0 Å². The molecule has 5 rings (SSSR count). The maximum atomic E-state index is 13.7. The first-order valence-electron chi connectivity index (χ1n) is 13.1. The van der Waals surface area contributed by atoms with Crippen LogP contribution in [0.25, 0.3) is 17.2 Å². The molecule has 4 aromatic rings. The first kappa shape index (κ1) is 26.6. The molecule has 1 fully saturated rings. The summed E-state index contributed by atoms with van der Waals surface area (Å²) in [5.41, 5.74) is 0.495. The number of hydrogen-bond acceptors (Lipinski definition) is 8. The first-order valence-corrected chi connectivity index (χ1v) is 13.1. The number of ether oxygens (including phenoxy) is 2. The van der Waals surface area contributed by atoms with Gasteiger partial charge in [-0.25, -0.2) is 24.0 Å². The van der Waals surface area contributed by atoms with Gasteiger partial charge in [0.15, 0.2) is 0 Å². The van der Waals surface area contributed by atoms with Crippen LogP contribution in [0.2, 0.25) is 0 Å². The number of fused-ring (bicyclic) bond motifs is 1. The van der Waals surface area contributed by atoms with Crippen molar-refractivity contribution >= 4 is 11.6 Å². The minimum atomic E-state index is -1.53. The Hall–Kier alpha value is -3.99. The molecule has 0 radical (unpaired) electrons. The number of aliphatic carboxylic acids is 1. The molecule has 1 saturated carbocycles. The van der Waals surface area contributed by atoms with Crippen molar-refractivity contribution in [2.75, 3.05) is 7.11 Å². The van der Waals surface area contributed by atoms with Crippen LogP contribution < -0.4 is 10.4 Å².